The van der Waals surface area contributed by atoms with Gasteiger partial charge in [0.2, 0.25) is 5.82 Å². The molecule has 0 aliphatic rings. The minimum Gasteiger partial charge on any atom is -0.493 e. The maximum absolute atomic E-state index is 13.7. The normalized spacial score (nSPS) is 11.5. The van der Waals surface area contributed by atoms with Crippen LogP contribution < -0.4 is 15.0 Å². The Morgan fingerprint density at radius 1 is 1.00 bits per heavy atom. The number of rotatable bonds is 7. The largest absolute Gasteiger partial charge is 0.493 e. The Kier molecular flexibility index (Phi) is 7.42. The summed E-state index contributed by atoms with van der Waals surface area (Å²) in [4.78, 5) is 18.4. The van der Waals surface area contributed by atoms with Gasteiger partial charge in [0, 0.05) is 19.9 Å². The van der Waals surface area contributed by atoms with E-state index in [0.717, 1.165) is 9.86 Å². The van der Waals surface area contributed by atoms with Gasteiger partial charge >= 0.3 is 0 Å². The van der Waals surface area contributed by atoms with Crippen LogP contribution in [0.2, 0.25) is 0 Å². The summed E-state index contributed by atoms with van der Waals surface area (Å²) in [6.45, 7) is 0.0911. The summed E-state index contributed by atoms with van der Waals surface area (Å²) >= 11 is 6.98. The Morgan fingerprint density at radius 2 is 1.85 bits per heavy atom. The van der Waals surface area contributed by atoms with Crippen LogP contribution in [0.15, 0.2) is 108 Å². The van der Waals surface area contributed by atoms with E-state index in [1.807, 2.05) is 30.3 Å². The fraction of sp³-hybridized carbons (Fsp3) is 0.0645. The molecule has 6 rings (SSSR count). The highest BCUT2D eigenvalue weighted by Gasteiger charge is 2.18. The predicted molar refractivity (Wildman–Crippen MR) is 163 cm³/mol. The van der Waals surface area contributed by atoms with Crippen molar-refractivity contribution in [1.29, 1.82) is 0 Å². The van der Waals surface area contributed by atoms with Gasteiger partial charge in [-0.3, -0.25) is 4.79 Å². The number of aromatic nitrogens is 2. The van der Waals surface area contributed by atoms with Gasteiger partial charge < -0.3 is 13.9 Å². The molecule has 4 aromatic carbocycles. The molecule has 0 aliphatic carbocycles. The van der Waals surface area contributed by atoms with E-state index in [1.165, 1.54) is 30.1 Å². The second-order valence-corrected chi connectivity index (χ2v) is 10.9. The van der Waals surface area contributed by atoms with Crippen molar-refractivity contribution in [3.63, 3.8) is 0 Å². The van der Waals surface area contributed by atoms with Crippen LogP contribution in [0, 0.1) is 5.82 Å². The number of methoxy groups -OCH3 is 1. The third-order valence-corrected chi connectivity index (χ3v) is 7.26. The molecule has 0 saturated carbocycles. The second kappa shape index (κ2) is 11.3. The topological polar surface area (TPSA) is 78.9 Å². The molecule has 204 valence electrons. The Labute approximate surface area is 250 Å². The lowest BCUT2D eigenvalue weighted by Gasteiger charge is -2.14. The molecule has 6 aromatic rings. The van der Waals surface area contributed by atoms with Crippen LogP contribution >= 0.6 is 31.9 Å². The Hall–Kier alpha value is -4.28. The Morgan fingerprint density at radius 3 is 2.68 bits per heavy atom. The molecular weight excluding hydrogens is 657 g/mol. The molecule has 2 aromatic heterocycles. The van der Waals surface area contributed by atoms with Crippen LogP contribution in [0.1, 0.15) is 11.1 Å². The minimum atomic E-state index is -0.368. The lowest BCUT2D eigenvalue weighted by Crippen LogP contribution is -2.20. The molecule has 10 heteroatoms. The van der Waals surface area contributed by atoms with Crippen molar-refractivity contribution >= 4 is 59.9 Å². The second-order valence-electron chi connectivity index (χ2n) is 9.05. The van der Waals surface area contributed by atoms with Crippen LogP contribution in [0.4, 0.5) is 4.39 Å². The molecule has 0 saturated heterocycles. The van der Waals surface area contributed by atoms with Crippen molar-refractivity contribution in [2.75, 3.05) is 7.11 Å². The molecule has 0 aliphatic heterocycles. The molecule has 0 N–H and O–H groups in total. The van der Waals surface area contributed by atoms with Gasteiger partial charge in [-0.15, -0.1) is 0 Å². The number of fused-ring (bicyclic) bond motifs is 2. The number of nitrogens with zero attached hydrogens (tertiary/aromatic N) is 3. The van der Waals surface area contributed by atoms with Gasteiger partial charge in [0.05, 0.1) is 24.2 Å². The highest BCUT2D eigenvalue weighted by molar-refractivity contribution is 9.10. The standard InChI is InChI=1S/C31H20Br2FN3O4/c1-39-27-15-22(33)13-20(29(27)40-17-18-5-4-6-23(34)11-18)16-35-37-30(36-25-8-3-2-7-24(25)31(37)38)28-14-19-12-21(32)9-10-26(19)41-28/h2-16H,17H2,1H3. The van der Waals surface area contributed by atoms with Crippen molar-refractivity contribution in [1.82, 2.24) is 9.66 Å². The zero-order valence-electron chi connectivity index (χ0n) is 21.5. The zero-order valence-corrected chi connectivity index (χ0v) is 24.6. The van der Waals surface area contributed by atoms with E-state index in [1.54, 1.807) is 42.5 Å². The third-order valence-electron chi connectivity index (χ3n) is 6.31. The minimum absolute atomic E-state index is 0.0911. The number of para-hydroxylation sites is 1. The van der Waals surface area contributed by atoms with Crippen LogP contribution in [0.5, 0.6) is 11.5 Å². The average Bonchev–Trinajstić information content (AvgIpc) is 3.39. The molecule has 0 radical (unpaired) electrons. The smallest absolute Gasteiger partial charge is 0.282 e. The number of ether oxygens (including phenoxy) is 2. The third kappa shape index (κ3) is 5.53. The van der Waals surface area contributed by atoms with Gasteiger partial charge in [-0.05, 0) is 66.2 Å². The highest BCUT2D eigenvalue weighted by Crippen LogP contribution is 2.35. The molecule has 0 amide bonds. The molecule has 41 heavy (non-hydrogen) atoms. The van der Waals surface area contributed by atoms with Crippen LogP contribution in [-0.2, 0) is 6.61 Å². The summed E-state index contributed by atoms with van der Waals surface area (Å²) in [7, 11) is 1.52. The van der Waals surface area contributed by atoms with Gasteiger partial charge in [-0.25, -0.2) is 9.37 Å². The van der Waals surface area contributed by atoms with E-state index in [0.29, 0.717) is 49.3 Å². The highest BCUT2D eigenvalue weighted by atomic mass is 79.9. The van der Waals surface area contributed by atoms with Gasteiger partial charge in [0.25, 0.3) is 5.56 Å². The first kappa shape index (κ1) is 26.9. The first-order chi connectivity index (χ1) is 19.9. The molecule has 0 spiro atoms. The molecule has 0 fully saturated rings. The first-order valence-corrected chi connectivity index (χ1v) is 14.0. The van der Waals surface area contributed by atoms with Crippen LogP contribution in [0.3, 0.4) is 0 Å². The molecule has 7 nitrogen and oxygen atoms in total. The van der Waals surface area contributed by atoms with E-state index in [-0.39, 0.29) is 23.8 Å². The zero-order chi connectivity index (χ0) is 28.5. The Balaban J connectivity index is 1.48. The molecular formula is C31H20Br2FN3O4. The van der Waals surface area contributed by atoms with E-state index in [4.69, 9.17) is 18.9 Å². The van der Waals surface area contributed by atoms with E-state index in [9.17, 15) is 9.18 Å². The number of halogens is 3. The molecule has 0 bridgehead atoms. The van der Waals surface area contributed by atoms with Gasteiger partial charge in [-0.2, -0.15) is 9.78 Å². The first-order valence-electron chi connectivity index (χ1n) is 12.4. The summed E-state index contributed by atoms with van der Waals surface area (Å²) < 4.78 is 34.3. The monoisotopic (exact) mass is 675 g/mol. The van der Waals surface area contributed by atoms with E-state index in [2.05, 4.69) is 37.0 Å². The number of hydrogen-bond donors (Lipinski definition) is 0. The van der Waals surface area contributed by atoms with Gasteiger partial charge in [0.1, 0.15) is 18.0 Å². The summed E-state index contributed by atoms with van der Waals surface area (Å²) in [6, 6.07) is 24.2. The van der Waals surface area contributed by atoms with Crippen molar-refractivity contribution in [2.24, 2.45) is 5.10 Å². The van der Waals surface area contributed by atoms with Gasteiger partial charge in [0.15, 0.2) is 17.3 Å². The lowest BCUT2D eigenvalue weighted by atomic mass is 10.2. The summed E-state index contributed by atoms with van der Waals surface area (Å²) in [6.07, 6.45) is 1.49. The quantitative estimate of drug-likeness (QED) is 0.160. The van der Waals surface area contributed by atoms with Crippen LogP contribution in [0.25, 0.3) is 33.5 Å². The summed E-state index contributed by atoms with van der Waals surface area (Å²) in [5.74, 6) is 1.07. The average molecular weight is 677 g/mol. The predicted octanol–water partition coefficient (Wildman–Crippen LogP) is 7.94. The van der Waals surface area contributed by atoms with Crippen LogP contribution in [-0.4, -0.2) is 23.0 Å². The number of furan rings is 1. The van der Waals surface area contributed by atoms with Crippen molar-refractivity contribution < 1.29 is 18.3 Å². The Bertz CT molecular complexity index is 2020. The van der Waals surface area contributed by atoms with E-state index >= 15 is 0 Å². The SMILES string of the molecule is COc1cc(Br)cc(C=Nn2c(-c3cc4cc(Br)ccc4o3)nc3ccccc3c2=O)c1OCc1cccc(F)c1. The fourth-order valence-corrected chi connectivity index (χ4v) is 5.24. The van der Waals surface area contributed by atoms with Crippen molar-refractivity contribution in [2.45, 2.75) is 6.61 Å². The van der Waals surface area contributed by atoms with E-state index < -0.39 is 0 Å². The fourth-order valence-electron chi connectivity index (χ4n) is 4.41. The summed E-state index contributed by atoms with van der Waals surface area (Å²) in [5.41, 5.74) is 1.96. The van der Waals surface area contributed by atoms with Crippen molar-refractivity contribution in [3.8, 4) is 23.1 Å². The maximum atomic E-state index is 13.7. The number of hydrogen-bond acceptors (Lipinski definition) is 6. The summed E-state index contributed by atoms with van der Waals surface area (Å²) in [5, 5.41) is 5.82. The van der Waals surface area contributed by atoms with Crippen molar-refractivity contribution in [3.05, 3.63) is 121 Å². The molecule has 0 atom stereocenters. The maximum Gasteiger partial charge on any atom is 0.282 e. The number of benzene rings is 4. The lowest BCUT2D eigenvalue weighted by molar-refractivity contribution is 0.283. The van der Waals surface area contributed by atoms with Gasteiger partial charge in [-0.1, -0.05) is 56.1 Å². The molecule has 2 heterocycles. The molecule has 0 unspecified atom stereocenters.